The molecule has 3 aliphatic rings. The van der Waals surface area contributed by atoms with Crippen LogP contribution in [0, 0.1) is 5.82 Å². The summed E-state index contributed by atoms with van der Waals surface area (Å²) in [4.78, 5) is 32.6. The van der Waals surface area contributed by atoms with Gasteiger partial charge in [-0.25, -0.2) is 4.39 Å². The van der Waals surface area contributed by atoms with Gasteiger partial charge in [-0.3, -0.25) is 19.6 Å². The molecule has 4 rings (SSSR count). The summed E-state index contributed by atoms with van der Waals surface area (Å²) >= 11 is 9.05. The summed E-state index contributed by atoms with van der Waals surface area (Å²) in [6.07, 6.45) is 16.4. The van der Waals surface area contributed by atoms with Crippen molar-refractivity contribution >= 4 is 59.2 Å². The fraction of sp³-hybridized carbons (Fsp3) is 0.467. The summed E-state index contributed by atoms with van der Waals surface area (Å²) in [7, 11) is -0.875. The zero-order valence-electron chi connectivity index (χ0n) is 23.9. The maximum atomic E-state index is 14.2. The number of nitrogens with one attached hydrogen (secondary N) is 2. The molecule has 2 N–H and O–H groups in total. The topological polar surface area (TPSA) is 64.7 Å². The molecule has 2 aliphatic carbocycles. The fourth-order valence-electron chi connectivity index (χ4n) is 4.95. The molecule has 41 heavy (non-hydrogen) atoms. The number of thioether (sulfide) groups is 1. The average Bonchev–Trinajstić information content (AvgIpc) is 3.79. The van der Waals surface area contributed by atoms with Crippen molar-refractivity contribution in [2.75, 3.05) is 39.4 Å². The lowest BCUT2D eigenvalue weighted by atomic mass is 10.1. The predicted octanol–water partition coefficient (Wildman–Crippen LogP) is 5.98. The van der Waals surface area contributed by atoms with Crippen LogP contribution in [0.5, 0.6) is 0 Å². The van der Waals surface area contributed by atoms with E-state index in [-0.39, 0.29) is 35.8 Å². The van der Waals surface area contributed by atoms with Gasteiger partial charge in [-0.05, 0) is 73.9 Å². The number of rotatable bonds is 12. The molecule has 0 aromatic heterocycles. The highest BCUT2D eigenvalue weighted by Gasteiger charge is 2.48. The van der Waals surface area contributed by atoms with Crippen molar-refractivity contribution in [1.82, 2.24) is 19.8 Å². The van der Waals surface area contributed by atoms with Gasteiger partial charge in [-0.1, -0.05) is 66.7 Å². The second-order valence-corrected chi connectivity index (χ2v) is 16.0. The molecule has 0 bridgehead atoms. The smallest absolute Gasteiger partial charge is 0.239 e. The molecule has 2 fully saturated rings. The lowest BCUT2D eigenvalue weighted by Crippen LogP contribution is -2.57. The van der Waals surface area contributed by atoms with E-state index in [9.17, 15) is 14.0 Å². The number of allylic oxidation sites excluding steroid dienone is 7. The molecule has 1 saturated heterocycles. The third-order valence-electron chi connectivity index (χ3n) is 7.46. The summed E-state index contributed by atoms with van der Waals surface area (Å²) in [6.45, 7) is 8.31. The lowest BCUT2D eigenvalue weighted by molar-refractivity contribution is -0.140. The Balaban J connectivity index is 1.23. The molecule has 1 aliphatic heterocycles. The summed E-state index contributed by atoms with van der Waals surface area (Å²) in [5.74, 6) is -0.229. The van der Waals surface area contributed by atoms with Crippen LogP contribution in [0.1, 0.15) is 39.5 Å². The van der Waals surface area contributed by atoms with Gasteiger partial charge in [-0.2, -0.15) is 0 Å². The Labute approximate surface area is 257 Å². The Morgan fingerprint density at radius 3 is 2.56 bits per heavy atom. The summed E-state index contributed by atoms with van der Waals surface area (Å²) in [5.41, 5.74) is -0.134. The minimum atomic E-state index is -0.875. The van der Waals surface area contributed by atoms with E-state index in [1.54, 1.807) is 17.0 Å². The van der Waals surface area contributed by atoms with Gasteiger partial charge in [0.1, 0.15) is 5.82 Å². The van der Waals surface area contributed by atoms with E-state index >= 15 is 0 Å². The summed E-state index contributed by atoms with van der Waals surface area (Å²) in [5, 5.41) is 4.70. The molecule has 1 heterocycles. The number of benzene rings is 1. The van der Waals surface area contributed by atoms with Crippen molar-refractivity contribution in [2.45, 2.75) is 51.1 Å². The number of carbonyl (C=O) groups is 2. The highest BCUT2D eigenvalue weighted by atomic mass is 35.5. The van der Waals surface area contributed by atoms with E-state index in [1.807, 2.05) is 23.3 Å². The number of nitrogens with zero attached hydrogens (tertiary/aromatic N) is 2. The number of piperazine rings is 1. The molecular weight excluding hydrogens is 598 g/mol. The van der Waals surface area contributed by atoms with Gasteiger partial charge in [0, 0.05) is 48.5 Å². The van der Waals surface area contributed by atoms with Crippen LogP contribution in [0.4, 0.5) is 4.39 Å². The van der Waals surface area contributed by atoms with E-state index in [1.165, 1.54) is 27.4 Å². The van der Waals surface area contributed by atoms with Gasteiger partial charge in [0.05, 0.1) is 18.1 Å². The van der Waals surface area contributed by atoms with E-state index < -0.39 is 7.12 Å². The van der Waals surface area contributed by atoms with Crippen molar-refractivity contribution in [2.24, 2.45) is 0 Å². The van der Waals surface area contributed by atoms with E-state index in [4.69, 9.17) is 11.6 Å². The molecule has 222 valence electrons. The van der Waals surface area contributed by atoms with Gasteiger partial charge in [-0.15, -0.1) is 0 Å². The van der Waals surface area contributed by atoms with Crippen LogP contribution in [-0.4, -0.2) is 72.6 Å². The third-order valence-corrected chi connectivity index (χ3v) is 12.5. The molecule has 1 aromatic rings. The van der Waals surface area contributed by atoms with Gasteiger partial charge in [0.15, 0.2) is 0 Å². The van der Waals surface area contributed by atoms with Crippen molar-refractivity contribution < 1.29 is 14.0 Å². The second kappa shape index (κ2) is 15.2. The third kappa shape index (κ3) is 8.71. The maximum absolute atomic E-state index is 14.2. The molecule has 2 unspecified atom stereocenters. The number of halogens is 2. The number of hydrogen-bond donors (Lipinski definition) is 2. The van der Waals surface area contributed by atoms with Crippen LogP contribution in [0.2, 0.25) is 5.02 Å². The van der Waals surface area contributed by atoms with Crippen LogP contribution < -0.4 is 15.3 Å². The Hall–Kier alpha value is -1.61. The predicted molar refractivity (Wildman–Crippen MR) is 174 cm³/mol. The second-order valence-electron chi connectivity index (χ2n) is 10.3. The van der Waals surface area contributed by atoms with E-state index in [0.717, 1.165) is 19.3 Å². The average molecular weight is 637 g/mol. The van der Waals surface area contributed by atoms with Gasteiger partial charge >= 0.3 is 0 Å². The molecule has 0 radical (unpaired) electrons. The van der Waals surface area contributed by atoms with Crippen molar-refractivity contribution in [3.63, 3.8) is 0 Å². The summed E-state index contributed by atoms with van der Waals surface area (Å²) in [6, 6.07) is 4.44. The van der Waals surface area contributed by atoms with Gasteiger partial charge in [0.25, 0.3) is 0 Å². The standard InChI is InChI=1S/C30H39ClFN4O2PS2/c1-4-25(34-30(14-15-30)27(5-2)40-23-10-8-6-7-9-11-23)29(38)36-18-16-35(17-19-36)28(37)21-33-41-39(3)26-13-12-22(31)20-24(26)32/h5-10,12-13,20,25,33-34H,4,11,14-19,21H2,1-3H3/b27-5-. The van der Waals surface area contributed by atoms with Crippen LogP contribution >= 0.6 is 42.1 Å². The first-order valence-electron chi connectivity index (χ1n) is 14.1. The fourth-order valence-corrected chi connectivity index (χ4v) is 8.94. The van der Waals surface area contributed by atoms with Gasteiger partial charge in [0.2, 0.25) is 11.8 Å². The zero-order chi connectivity index (χ0) is 29.4. The largest absolute Gasteiger partial charge is 0.338 e. The maximum Gasteiger partial charge on any atom is 0.239 e. The Kier molecular flexibility index (Phi) is 12.0. The van der Waals surface area contributed by atoms with Crippen molar-refractivity contribution in [3.8, 4) is 0 Å². The molecule has 1 saturated carbocycles. The van der Waals surface area contributed by atoms with Crippen LogP contribution in [0.25, 0.3) is 0 Å². The first kappa shape index (κ1) is 32.3. The number of hydrogen-bond acceptors (Lipinski definition) is 6. The molecule has 2 atom stereocenters. The SMILES string of the molecule is C/C=C(\SC1=CC=CC=CC1)C1(NC(CC)C(=O)N2CCN(C(=O)CNSP(C)c3ccc(Cl)cc3F)CC2)CC1. The van der Waals surface area contributed by atoms with Crippen molar-refractivity contribution in [1.29, 1.82) is 0 Å². The highest BCUT2D eigenvalue weighted by Crippen LogP contribution is 2.50. The molecule has 0 spiro atoms. The minimum Gasteiger partial charge on any atom is -0.338 e. The van der Waals surface area contributed by atoms with Crippen LogP contribution in [0.15, 0.2) is 64.5 Å². The number of carbonyl (C=O) groups excluding carboxylic acids is 2. The molecular formula is C30H39ClFN4O2PS2. The lowest BCUT2D eigenvalue weighted by Gasteiger charge is -2.37. The summed E-state index contributed by atoms with van der Waals surface area (Å²) < 4.78 is 17.3. The Morgan fingerprint density at radius 2 is 1.90 bits per heavy atom. The van der Waals surface area contributed by atoms with Crippen LogP contribution in [-0.2, 0) is 9.59 Å². The zero-order valence-corrected chi connectivity index (χ0v) is 27.2. The highest BCUT2D eigenvalue weighted by molar-refractivity contribution is 8.56. The monoisotopic (exact) mass is 636 g/mol. The number of amides is 2. The van der Waals surface area contributed by atoms with Crippen LogP contribution in [0.3, 0.4) is 0 Å². The molecule has 2 amide bonds. The first-order valence-corrected chi connectivity index (χ1v) is 18.5. The van der Waals surface area contributed by atoms with E-state index in [2.05, 4.69) is 60.3 Å². The normalized spacial score (nSPS) is 19.9. The molecule has 11 heteroatoms. The first-order chi connectivity index (χ1) is 19.8. The quantitative estimate of drug-likeness (QED) is 0.218. The van der Waals surface area contributed by atoms with Crippen molar-refractivity contribution in [3.05, 3.63) is 75.3 Å². The van der Waals surface area contributed by atoms with Gasteiger partial charge < -0.3 is 9.80 Å². The molecule has 1 aromatic carbocycles. The van der Waals surface area contributed by atoms with E-state index in [0.29, 0.717) is 42.9 Å². The molecule has 6 nitrogen and oxygen atoms in total. The minimum absolute atomic E-state index is 0.0149. The Morgan fingerprint density at radius 1 is 1.17 bits per heavy atom. The Bertz CT molecular complexity index is 1230.